The average Bonchev–Trinajstić information content (AvgIpc) is 2.03. The van der Waals surface area contributed by atoms with Crippen molar-refractivity contribution in [2.24, 2.45) is 11.0 Å². The molecule has 1 aromatic carbocycles. The van der Waals surface area contributed by atoms with Crippen LogP contribution in [0, 0.1) is 0 Å². The second-order valence-electron chi connectivity index (χ2n) is 2.21. The largest absolute Gasteiger partial charge is 0.324 e. The number of hydrazine groups is 1. The number of halogens is 1. The minimum absolute atomic E-state index is 0. The van der Waals surface area contributed by atoms with E-state index in [4.69, 9.17) is 11.0 Å². The summed E-state index contributed by atoms with van der Waals surface area (Å²) in [5.74, 6) is 5.08. The van der Waals surface area contributed by atoms with Crippen LogP contribution >= 0.6 is 12.4 Å². The van der Waals surface area contributed by atoms with E-state index >= 15 is 0 Å². The fourth-order valence-corrected chi connectivity index (χ4v) is 1.26. The standard InChI is InChI=1S/C6H9N3O2S.ClH/c7-9-5-1-3-6(4-2-5)12(8,10)11;/h1-4,9H,7H2,(H2,8,10,11);1H. The lowest BCUT2D eigenvalue weighted by atomic mass is 10.3. The van der Waals surface area contributed by atoms with Crippen molar-refractivity contribution >= 4 is 28.1 Å². The number of sulfonamides is 1. The number of hydrogen-bond acceptors (Lipinski definition) is 4. The van der Waals surface area contributed by atoms with Gasteiger partial charge < -0.3 is 5.43 Å². The molecular formula is C6H10ClN3O2S. The molecule has 0 unspecified atom stereocenters. The highest BCUT2D eigenvalue weighted by Gasteiger charge is 2.05. The van der Waals surface area contributed by atoms with E-state index in [-0.39, 0.29) is 17.3 Å². The Bertz CT molecular complexity index is 362. The maximum atomic E-state index is 10.8. The van der Waals surface area contributed by atoms with E-state index in [1.54, 1.807) is 0 Å². The molecule has 0 spiro atoms. The van der Waals surface area contributed by atoms with Gasteiger partial charge >= 0.3 is 0 Å². The number of hydrogen-bond donors (Lipinski definition) is 3. The highest BCUT2D eigenvalue weighted by Crippen LogP contribution is 2.10. The van der Waals surface area contributed by atoms with E-state index in [1.165, 1.54) is 24.3 Å². The summed E-state index contributed by atoms with van der Waals surface area (Å²) in [5, 5.41) is 4.87. The van der Waals surface area contributed by atoms with Gasteiger partial charge in [-0.05, 0) is 24.3 Å². The van der Waals surface area contributed by atoms with Crippen LogP contribution in [0.2, 0.25) is 0 Å². The Morgan fingerprint density at radius 1 is 1.15 bits per heavy atom. The lowest BCUT2D eigenvalue weighted by Gasteiger charge is -2.00. The van der Waals surface area contributed by atoms with Gasteiger partial charge in [0.25, 0.3) is 0 Å². The Kier molecular flexibility index (Phi) is 4.15. The van der Waals surface area contributed by atoms with Crippen molar-refractivity contribution < 1.29 is 8.42 Å². The lowest BCUT2D eigenvalue weighted by molar-refractivity contribution is 0.598. The van der Waals surface area contributed by atoms with Crippen LogP contribution in [0.3, 0.4) is 0 Å². The van der Waals surface area contributed by atoms with Gasteiger partial charge in [-0.3, -0.25) is 5.84 Å². The highest BCUT2D eigenvalue weighted by atomic mass is 35.5. The summed E-state index contributed by atoms with van der Waals surface area (Å²) in [4.78, 5) is 0.0708. The molecule has 7 heteroatoms. The first-order valence-corrected chi connectivity index (χ1v) is 4.68. The van der Waals surface area contributed by atoms with Gasteiger partial charge in [0.05, 0.1) is 4.90 Å². The summed E-state index contributed by atoms with van der Waals surface area (Å²) in [7, 11) is -3.60. The summed E-state index contributed by atoms with van der Waals surface area (Å²) in [6, 6.07) is 5.81. The van der Waals surface area contributed by atoms with Gasteiger partial charge in [0.1, 0.15) is 0 Å². The minimum Gasteiger partial charge on any atom is -0.324 e. The molecule has 0 heterocycles. The molecule has 0 aliphatic heterocycles. The molecule has 13 heavy (non-hydrogen) atoms. The van der Waals surface area contributed by atoms with Crippen LogP contribution in [0.4, 0.5) is 5.69 Å². The maximum Gasteiger partial charge on any atom is 0.238 e. The van der Waals surface area contributed by atoms with E-state index in [1.807, 2.05) is 0 Å². The molecule has 0 aromatic heterocycles. The molecule has 0 fully saturated rings. The van der Waals surface area contributed by atoms with E-state index in [0.717, 1.165) is 0 Å². The Balaban J connectivity index is 0.00000144. The summed E-state index contributed by atoms with van der Waals surface area (Å²) in [5.41, 5.74) is 3.00. The number of benzene rings is 1. The van der Waals surface area contributed by atoms with Gasteiger partial charge in [0, 0.05) is 5.69 Å². The molecule has 74 valence electrons. The van der Waals surface area contributed by atoms with Crippen molar-refractivity contribution in [1.82, 2.24) is 0 Å². The van der Waals surface area contributed by atoms with Crippen molar-refractivity contribution in [1.29, 1.82) is 0 Å². The predicted molar refractivity (Wildman–Crippen MR) is 52.9 cm³/mol. The molecule has 0 saturated heterocycles. The maximum absolute atomic E-state index is 10.8. The van der Waals surface area contributed by atoms with Crippen LogP contribution < -0.4 is 16.4 Å². The van der Waals surface area contributed by atoms with Gasteiger partial charge in [-0.25, -0.2) is 13.6 Å². The minimum atomic E-state index is -3.60. The zero-order valence-corrected chi connectivity index (χ0v) is 8.23. The van der Waals surface area contributed by atoms with Crippen LogP contribution in [0.15, 0.2) is 29.2 Å². The number of nitrogen functional groups attached to an aromatic ring is 1. The molecule has 0 aliphatic rings. The molecule has 0 saturated carbocycles. The molecule has 1 rings (SSSR count). The summed E-state index contributed by atoms with van der Waals surface area (Å²) in [6.07, 6.45) is 0. The zero-order chi connectivity index (χ0) is 9.19. The fourth-order valence-electron chi connectivity index (χ4n) is 0.741. The van der Waals surface area contributed by atoms with Crippen molar-refractivity contribution in [3.05, 3.63) is 24.3 Å². The quantitative estimate of drug-likeness (QED) is 0.487. The first-order valence-electron chi connectivity index (χ1n) is 3.13. The number of anilines is 1. The number of nitrogens with two attached hydrogens (primary N) is 2. The second-order valence-corrected chi connectivity index (χ2v) is 3.78. The Morgan fingerprint density at radius 3 is 1.92 bits per heavy atom. The van der Waals surface area contributed by atoms with Gasteiger partial charge in [-0.2, -0.15) is 0 Å². The highest BCUT2D eigenvalue weighted by molar-refractivity contribution is 7.89. The zero-order valence-electron chi connectivity index (χ0n) is 6.60. The van der Waals surface area contributed by atoms with Gasteiger partial charge in [0.2, 0.25) is 10.0 Å². The molecule has 0 atom stereocenters. The first kappa shape index (κ1) is 12.2. The third-order valence-corrected chi connectivity index (χ3v) is 2.28. The molecule has 5 nitrogen and oxygen atoms in total. The monoisotopic (exact) mass is 223 g/mol. The van der Waals surface area contributed by atoms with Gasteiger partial charge in [-0.15, -0.1) is 12.4 Å². The molecule has 0 radical (unpaired) electrons. The van der Waals surface area contributed by atoms with E-state index in [2.05, 4.69) is 5.43 Å². The van der Waals surface area contributed by atoms with E-state index in [9.17, 15) is 8.42 Å². The Morgan fingerprint density at radius 2 is 1.62 bits per heavy atom. The third-order valence-electron chi connectivity index (χ3n) is 1.35. The van der Waals surface area contributed by atoms with Crippen LogP contribution in [-0.2, 0) is 10.0 Å². The van der Waals surface area contributed by atoms with E-state index < -0.39 is 10.0 Å². The first-order chi connectivity index (χ1) is 5.54. The lowest BCUT2D eigenvalue weighted by Crippen LogP contribution is -2.12. The topological polar surface area (TPSA) is 98.2 Å². The predicted octanol–water partition coefficient (Wildman–Crippen LogP) is 0.0414. The number of rotatable bonds is 2. The third kappa shape index (κ3) is 3.19. The number of primary sulfonamides is 1. The summed E-state index contributed by atoms with van der Waals surface area (Å²) < 4.78 is 21.5. The SMILES string of the molecule is Cl.NNc1ccc(S(N)(=O)=O)cc1. The Hall–Kier alpha value is -0.820. The van der Waals surface area contributed by atoms with Crippen molar-refractivity contribution in [2.45, 2.75) is 4.90 Å². The number of nitrogens with one attached hydrogen (secondary N) is 1. The Labute approximate surface area is 82.5 Å². The normalized spacial score (nSPS) is 10.3. The van der Waals surface area contributed by atoms with Gasteiger partial charge in [0.15, 0.2) is 0 Å². The molecule has 0 amide bonds. The van der Waals surface area contributed by atoms with E-state index in [0.29, 0.717) is 5.69 Å². The van der Waals surface area contributed by atoms with Crippen molar-refractivity contribution in [3.8, 4) is 0 Å². The molecule has 5 N–H and O–H groups in total. The fraction of sp³-hybridized carbons (Fsp3) is 0. The average molecular weight is 224 g/mol. The molecule has 0 aliphatic carbocycles. The molecule has 0 bridgehead atoms. The second kappa shape index (κ2) is 4.43. The summed E-state index contributed by atoms with van der Waals surface area (Å²) in [6.45, 7) is 0. The van der Waals surface area contributed by atoms with Gasteiger partial charge in [-0.1, -0.05) is 0 Å². The van der Waals surface area contributed by atoms with Crippen LogP contribution in [0.1, 0.15) is 0 Å². The summed E-state index contributed by atoms with van der Waals surface area (Å²) >= 11 is 0. The van der Waals surface area contributed by atoms with Crippen LogP contribution in [0.5, 0.6) is 0 Å². The van der Waals surface area contributed by atoms with Crippen molar-refractivity contribution in [2.75, 3.05) is 5.43 Å². The van der Waals surface area contributed by atoms with Crippen LogP contribution in [0.25, 0.3) is 0 Å². The van der Waals surface area contributed by atoms with Crippen LogP contribution in [-0.4, -0.2) is 8.42 Å². The molecular weight excluding hydrogens is 214 g/mol. The molecule has 1 aromatic rings. The van der Waals surface area contributed by atoms with Crippen molar-refractivity contribution in [3.63, 3.8) is 0 Å². The smallest absolute Gasteiger partial charge is 0.238 e.